The Hall–Kier alpha value is -2.43. The summed E-state index contributed by atoms with van der Waals surface area (Å²) in [5, 5.41) is 10.4. The molecule has 1 N–H and O–H groups in total. The number of nitrogens with zero attached hydrogens (tertiary/aromatic N) is 2. The molecule has 0 fully saturated rings. The number of fused-ring (bicyclic) bond motifs is 4. The molecule has 106 valence electrons. The maximum absolute atomic E-state index is 11.9. The molecule has 1 atom stereocenters. The van der Waals surface area contributed by atoms with Crippen LogP contribution in [0.3, 0.4) is 0 Å². The van der Waals surface area contributed by atoms with E-state index in [4.69, 9.17) is 0 Å². The summed E-state index contributed by atoms with van der Waals surface area (Å²) in [4.78, 5) is 28.0. The molecule has 0 aromatic carbocycles. The van der Waals surface area contributed by atoms with Gasteiger partial charge in [0, 0.05) is 13.0 Å². The molecule has 1 aromatic heterocycles. The minimum Gasteiger partial charge on any atom is -0.480 e. The van der Waals surface area contributed by atoms with E-state index in [1.54, 1.807) is 0 Å². The van der Waals surface area contributed by atoms with Crippen LogP contribution < -0.4 is 10.8 Å². The average Bonchev–Trinajstić information content (AvgIpc) is 2.85. The predicted octanol–water partition coefficient (Wildman–Crippen LogP) is 0.235. The van der Waals surface area contributed by atoms with Crippen molar-refractivity contribution in [3.8, 4) is 0 Å². The minimum absolute atomic E-state index is 0.185. The molecule has 0 saturated carbocycles. The third kappa shape index (κ3) is 1.67. The summed E-state index contributed by atoms with van der Waals surface area (Å²) >= 11 is 0. The molecule has 21 heavy (non-hydrogen) atoms. The zero-order valence-corrected chi connectivity index (χ0v) is 11.4. The molecule has 0 saturated heterocycles. The van der Waals surface area contributed by atoms with Gasteiger partial charge < -0.3 is 9.67 Å². The number of aromatic nitrogens is 2. The Balaban J connectivity index is 1.94. The number of hydrogen-bond donors (Lipinski definition) is 1. The summed E-state index contributed by atoms with van der Waals surface area (Å²) in [7, 11) is 0. The summed E-state index contributed by atoms with van der Waals surface area (Å²) in [6.45, 7) is 0.786. The van der Waals surface area contributed by atoms with Gasteiger partial charge in [-0.25, -0.2) is 4.98 Å². The first-order chi connectivity index (χ1) is 10.2. The number of carboxylic acid groups (broad SMARTS) is 1. The summed E-state index contributed by atoms with van der Waals surface area (Å²) in [6.07, 6.45) is 9.43. The summed E-state index contributed by atoms with van der Waals surface area (Å²) in [5.41, 5.74) is 3.46. The average molecular weight is 282 g/mol. The molecule has 0 spiro atoms. The molecule has 5 nitrogen and oxygen atoms in total. The van der Waals surface area contributed by atoms with Crippen LogP contribution in [0.25, 0.3) is 17.7 Å². The molecule has 1 unspecified atom stereocenters. The Morgan fingerprint density at radius 2 is 2.24 bits per heavy atom. The van der Waals surface area contributed by atoms with Crippen molar-refractivity contribution < 1.29 is 14.7 Å². The fraction of sp³-hybridized carbons (Fsp3) is 0.312. The molecule has 2 heterocycles. The maximum Gasteiger partial charge on any atom is 0.318 e. The van der Waals surface area contributed by atoms with Crippen LogP contribution in [0.2, 0.25) is 0 Å². The second-order valence-corrected chi connectivity index (χ2v) is 5.56. The lowest BCUT2D eigenvalue weighted by molar-refractivity contribution is -0.144. The van der Waals surface area contributed by atoms with Crippen molar-refractivity contribution in [1.29, 1.82) is 0 Å². The first-order valence-electron chi connectivity index (χ1n) is 7.08. The third-order valence-corrected chi connectivity index (χ3v) is 4.43. The van der Waals surface area contributed by atoms with Crippen LogP contribution in [-0.2, 0) is 16.1 Å². The molecule has 0 bridgehead atoms. The van der Waals surface area contributed by atoms with Gasteiger partial charge >= 0.3 is 5.97 Å². The van der Waals surface area contributed by atoms with Gasteiger partial charge in [-0.05, 0) is 30.1 Å². The highest BCUT2D eigenvalue weighted by atomic mass is 16.4. The second-order valence-electron chi connectivity index (χ2n) is 5.56. The van der Waals surface area contributed by atoms with Gasteiger partial charge in [-0.2, -0.15) is 0 Å². The number of carbonyl (C=O) groups excluding carboxylic acids is 1. The number of rotatable bonds is 1. The molecule has 3 aliphatic rings. The smallest absolute Gasteiger partial charge is 0.318 e. The highest BCUT2D eigenvalue weighted by molar-refractivity contribution is 6.05. The van der Waals surface area contributed by atoms with Crippen LogP contribution >= 0.6 is 0 Å². The van der Waals surface area contributed by atoms with Crippen molar-refractivity contribution in [1.82, 2.24) is 9.55 Å². The van der Waals surface area contributed by atoms with E-state index in [1.165, 1.54) is 0 Å². The van der Waals surface area contributed by atoms with Gasteiger partial charge in [-0.3, -0.25) is 9.59 Å². The van der Waals surface area contributed by atoms with Crippen LogP contribution in [0.5, 0.6) is 0 Å². The van der Waals surface area contributed by atoms with Gasteiger partial charge in [-0.15, -0.1) is 0 Å². The lowest BCUT2D eigenvalue weighted by Crippen LogP contribution is -2.34. The molecule has 1 aromatic rings. The van der Waals surface area contributed by atoms with E-state index in [9.17, 15) is 14.7 Å². The van der Waals surface area contributed by atoms with Crippen molar-refractivity contribution in [2.45, 2.75) is 25.8 Å². The van der Waals surface area contributed by atoms with Gasteiger partial charge in [0.05, 0.1) is 11.0 Å². The maximum atomic E-state index is 11.9. The summed E-state index contributed by atoms with van der Waals surface area (Å²) < 4.78 is 2.13. The normalized spacial score (nSPS) is 22.9. The van der Waals surface area contributed by atoms with Gasteiger partial charge in [0.15, 0.2) is 5.78 Å². The number of imidazole rings is 1. The Morgan fingerprint density at radius 1 is 1.38 bits per heavy atom. The summed E-state index contributed by atoms with van der Waals surface area (Å²) in [6, 6.07) is 0. The number of allylic oxidation sites excluding steroid dienone is 3. The monoisotopic (exact) mass is 282 g/mol. The van der Waals surface area contributed by atoms with Gasteiger partial charge in [0.2, 0.25) is 0 Å². The van der Waals surface area contributed by atoms with Crippen LogP contribution in [0.15, 0.2) is 17.7 Å². The van der Waals surface area contributed by atoms with E-state index < -0.39 is 11.9 Å². The Bertz CT molecular complexity index is 855. The van der Waals surface area contributed by atoms with E-state index in [0.717, 1.165) is 34.2 Å². The van der Waals surface area contributed by atoms with E-state index in [0.29, 0.717) is 19.3 Å². The number of carboxylic acids is 1. The summed E-state index contributed by atoms with van der Waals surface area (Å²) in [5.74, 6) is -2.21. The molecule has 5 heteroatoms. The molecule has 4 rings (SSSR count). The number of Topliss-reactive ketones (excluding diaryl/α,β-unsaturated/α-hetero) is 1. The highest BCUT2D eigenvalue weighted by Crippen LogP contribution is 2.36. The molecule has 1 aliphatic heterocycles. The number of ketones is 1. The SMILES string of the molecule is O=C(O)C1C(=O)CCC2=C1CC=c1c2nc2n1CC=CC=2. The van der Waals surface area contributed by atoms with E-state index >= 15 is 0 Å². The third-order valence-electron chi connectivity index (χ3n) is 4.43. The standard InChI is InChI=1S/C16H14N2O3/c19-12-7-5-10-9(14(12)16(20)21)4-6-11-15(10)17-13-3-1-2-8-18(11)13/h1-3,6,14H,4-5,7-8H2,(H,20,21). The Kier molecular flexibility index (Phi) is 2.51. The van der Waals surface area contributed by atoms with Gasteiger partial charge in [0.25, 0.3) is 0 Å². The van der Waals surface area contributed by atoms with Crippen molar-refractivity contribution in [2.24, 2.45) is 5.92 Å². The lowest BCUT2D eigenvalue weighted by atomic mass is 9.77. The molecule has 0 amide bonds. The lowest BCUT2D eigenvalue weighted by Gasteiger charge is -2.26. The van der Waals surface area contributed by atoms with E-state index in [-0.39, 0.29) is 5.78 Å². The first kappa shape index (κ1) is 12.3. The predicted molar refractivity (Wildman–Crippen MR) is 76.5 cm³/mol. The quantitative estimate of drug-likeness (QED) is 0.749. The Labute approximate surface area is 120 Å². The zero-order chi connectivity index (χ0) is 14.6. The fourth-order valence-electron chi connectivity index (χ4n) is 3.48. The number of hydrogen-bond acceptors (Lipinski definition) is 3. The number of carbonyl (C=O) groups is 2. The molecule has 2 aliphatic carbocycles. The highest BCUT2D eigenvalue weighted by Gasteiger charge is 2.37. The van der Waals surface area contributed by atoms with Crippen molar-refractivity contribution >= 4 is 29.5 Å². The molecular formula is C16H14N2O3. The van der Waals surface area contributed by atoms with Crippen LogP contribution in [0.1, 0.15) is 25.0 Å². The molecule has 0 radical (unpaired) electrons. The van der Waals surface area contributed by atoms with E-state index in [2.05, 4.69) is 15.6 Å². The minimum atomic E-state index is -1.04. The van der Waals surface area contributed by atoms with Gasteiger partial charge in [-0.1, -0.05) is 18.2 Å². The van der Waals surface area contributed by atoms with Crippen molar-refractivity contribution in [3.05, 3.63) is 34.2 Å². The van der Waals surface area contributed by atoms with Crippen LogP contribution in [0, 0.1) is 5.92 Å². The second kappa shape index (κ2) is 4.28. The van der Waals surface area contributed by atoms with Crippen LogP contribution in [0.4, 0.5) is 0 Å². The van der Waals surface area contributed by atoms with Crippen molar-refractivity contribution in [3.63, 3.8) is 0 Å². The largest absolute Gasteiger partial charge is 0.480 e. The molecular weight excluding hydrogens is 268 g/mol. The van der Waals surface area contributed by atoms with E-state index in [1.807, 2.05) is 18.2 Å². The van der Waals surface area contributed by atoms with Crippen LogP contribution in [-0.4, -0.2) is 26.4 Å². The zero-order valence-electron chi connectivity index (χ0n) is 11.4. The topological polar surface area (TPSA) is 72.2 Å². The fourth-order valence-corrected chi connectivity index (χ4v) is 3.48. The first-order valence-corrected chi connectivity index (χ1v) is 7.08. The Morgan fingerprint density at radius 3 is 3.05 bits per heavy atom. The van der Waals surface area contributed by atoms with Crippen molar-refractivity contribution in [2.75, 3.05) is 0 Å². The van der Waals surface area contributed by atoms with Gasteiger partial charge in [0.1, 0.15) is 11.4 Å². The number of aliphatic carboxylic acids is 1.